The summed E-state index contributed by atoms with van der Waals surface area (Å²) < 4.78 is 6.36. The first-order valence-corrected chi connectivity index (χ1v) is 6.61. The van der Waals surface area contributed by atoms with Gasteiger partial charge in [-0.2, -0.15) is 5.10 Å². The van der Waals surface area contributed by atoms with Crippen molar-refractivity contribution in [2.24, 2.45) is 0 Å². The number of aryl methyl sites for hydroxylation is 1. The minimum Gasteiger partial charge on any atom is -0.465 e. The molecule has 0 aliphatic carbocycles. The Balaban J connectivity index is 2.08. The molecular weight excluding hydrogens is 288 g/mol. The van der Waals surface area contributed by atoms with Crippen molar-refractivity contribution in [3.63, 3.8) is 0 Å². The summed E-state index contributed by atoms with van der Waals surface area (Å²) >= 11 is 0. The molecule has 0 saturated carbocycles. The van der Waals surface area contributed by atoms with Gasteiger partial charge in [-0.15, -0.1) is 0 Å². The standard InChI is InChI=1S/C14H16N4O4/c1-10-8-16-17(9-10)6-5-15-11-3-4-13(18(20)21)12(7-11)14(19)22-2/h3-4,7-9,15H,5-6H2,1-2H3. The van der Waals surface area contributed by atoms with Crippen LogP contribution < -0.4 is 5.32 Å². The molecule has 0 bridgehead atoms. The largest absolute Gasteiger partial charge is 0.465 e. The lowest BCUT2D eigenvalue weighted by atomic mass is 10.1. The van der Waals surface area contributed by atoms with Gasteiger partial charge in [-0.25, -0.2) is 4.79 Å². The topological polar surface area (TPSA) is 99.3 Å². The number of aromatic nitrogens is 2. The van der Waals surface area contributed by atoms with Crippen molar-refractivity contribution in [2.45, 2.75) is 13.5 Å². The van der Waals surface area contributed by atoms with Gasteiger partial charge in [0.1, 0.15) is 5.56 Å². The zero-order valence-electron chi connectivity index (χ0n) is 12.3. The van der Waals surface area contributed by atoms with Gasteiger partial charge in [0.25, 0.3) is 5.69 Å². The molecule has 116 valence electrons. The van der Waals surface area contributed by atoms with Crippen molar-refractivity contribution < 1.29 is 14.5 Å². The van der Waals surface area contributed by atoms with E-state index in [1.807, 2.05) is 13.1 Å². The Morgan fingerprint density at radius 1 is 1.50 bits per heavy atom. The first kappa shape index (κ1) is 15.5. The van der Waals surface area contributed by atoms with Crippen molar-refractivity contribution in [1.29, 1.82) is 0 Å². The number of nitro benzene ring substituents is 1. The monoisotopic (exact) mass is 304 g/mol. The average molecular weight is 304 g/mol. The predicted molar refractivity (Wildman–Crippen MR) is 79.9 cm³/mol. The molecule has 1 aromatic carbocycles. The Hall–Kier alpha value is -2.90. The molecule has 0 unspecified atom stereocenters. The van der Waals surface area contributed by atoms with Gasteiger partial charge in [0, 0.05) is 24.5 Å². The third-order valence-electron chi connectivity index (χ3n) is 3.03. The molecule has 0 fully saturated rings. The van der Waals surface area contributed by atoms with Crippen molar-refractivity contribution in [1.82, 2.24) is 9.78 Å². The first-order chi connectivity index (χ1) is 10.5. The van der Waals surface area contributed by atoms with Gasteiger partial charge in [-0.1, -0.05) is 0 Å². The van der Waals surface area contributed by atoms with Gasteiger partial charge in [0.2, 0.25) is 0 Å². The maximum Gasteiger partial charge on any atom is 0.344 e. The number of hydrogen-bond donors (Lipinski definition) is 1. The minimum absolute atomic E-state index is 0.0765. The number of benzene rings is 1. The van der Waals surface area contributed by atoms with Crippen LogP contribution in [0.15, 0.2) is 30.6 Å². The molecular formula is C14H16N4O4. The highest BCUT2D eigenvalue weighted by molar-refractivity contribution is 5.95. The number of anilines is 1. The van der Waals surface area contributed by atoms with Crippen LogP contribution in [0.25, 0.3) is 0 Å². The molecule has 0 spiro atoms. The van der Waals surface area contributed by atoms with E-state index in [9.17, 15) is 14.9 Å². The number of rotatable bonds is 6. The van der Waals surface area contributed by atoms with E-state index in [-0.39, 0.29) is 11.3 Å². The maximum absolute atomic E-state index is 11.6. The number of carbonyl (C=O) groups excluding carboxylic acids is 1. The lowest BCUT2D eigenvalue weighted by molar-refractivity contribution is -0.385. The Kier molecular flexibility index (Phi) is 4.72. The second-order valence-corrected chi connectivity index (χ2v) is 4.69. The summed E-state index contributed by atoms with van der Waals surface area (Å²) in [6.45, 7) is 3.16. The van der Waals surface area contributed by atoms with Crippen LogP contribution in [0.1, 0.15) is 15.9 Å². The van der Waals surface area contributed by atoms with Gasteiger partial charge in [0.15, 0.2) is 0 Å². The van der Waals surface area contributed by atoms with Crippen LogP contribution in [-0.4, -0.2) is 34.3 Å². The van der Waals surface area contributed by atoms with Gasteiger partial charge >= 0.3 is 5.97 Å². The molecule has 2 aromatic rings. The van der Waals surface area contributed by atoms with Crippen molar-refractivity contribution in [3.05, 3.63) is 51.8 Å². The highest BCUT2D eigenvalue weighted by atomic mass is 16.6. The highest BCUT2D eigenvalue weighted by Crippen LogP contribution is 2.23. The van der Waals surface area contributed by atoms with Crippen molar-refractivity contribution in [3.8, 4) is 0 Å². The summed E-state index contributed by atoms with van der Waals surface area (Å²) in [5.41, 5.74) is 1.32. The zero-order chi connectivity index (χ0) is 16.1. The number of carbonyl (C=O) groups is 1. The fourth-order valence-electron chi connectivity index (χ4n) is 1.98. The van der Waals surface area contributed by atoms with Crippen LogP contribution in [0.2, 0.25) is 0 Å². The molecule has 1 heterocycles. The summed E-state index contributed by atoms with van der Waals surface area (Å²) in [6, 6.07) is 4.25. The molecule has 0 radical (unpaired) electrons. The summed E-state index contributed by atoms with van der Waals surface area (Å²) in [5, 5.41) is 18.2. The fourth-order valence-corrected chi connectivity index (χ4v) is 1.98. The molecule has 1 N–H and O–H groups in total. The van der Waals surface area contributed by atoms with Crippen molar-refractivity contribution in [2.75, 3.05) is 19.0 Å². The van der Waals surface area contributed by atoms with Crippen LogP contribution in [0, 0.1) is 17.0 Å². The Morgan fingerprint density at radius 3 is 2.86 bits per heavy atom. The zero-order valence-corrected chi connectivity index (χ0v) is 12.3. The minimum atomic E-state index is -0.738. The Bertz CT molecular complexity index is 696. The first-order valence-electron chi connectivity index (χ1n) is 6.61. The van der Waals surface area contributed by atoms with E-state index in [0.717, 1.165) is 5.56 Å². The Labute approximate surface area is 126 Å². The summed E-state index contributed by atoms with van der Waals surface area (Å²) in [4.78, 5) is 21.9. The second-order valence-electron chi connectivity index (χ2n) is 4.69. The van der Waals surface area contributed by atoms with E-state index in [1.54, 1.807) is 16.9 Å². The quantitative estimate of drug-likeness (QED) is 0.498. The second kappa shape index (κ2) is 6.70. The lowest BCUT2D eigenvalue weighted by Gasteiger charge is -2.08. The molecule has 8 heteroatoms. The predicted octanol–water partition coefficient (Wildman–Crippen LogP) is 2.00. The van der Waals surface area contributed by atoms with Crippen LogP contribution in [-0.2, 0) is 11.3 Å². The van der Waals surface area contributed by atoms with E-state index in [4.69, 9.17) is 0 Å². The molecule has 0 atom stereocenters. The van der Waals surface area contributed by atoms with Gasteiger partial charge in [0.05, 0.1) is 24.8 Å². The number of nitrogens with zero attached hydrogens (tertiary/aromatic N) is 3. The molecule has 0 aliphatic heterocycles. The fraction of sp³-hybridized carbons (Fsp3) is 0.286. The van der Waals surface area contributed by atoms with Crippen LogP contribution in [0.4, 0.5) is 11.4 Å². The van der Waals surface area contributed by atoms with Crippen LogP contribution >= 0.6 is 0 Å². The number of nitro groups is 1. The number of methoxy groups -OCH3 is 1. The molecule has 0 aliphatic rings. The van der Waals surface area contributed by atoms with Gasteiger partial charge < -0.3 is 10.1 Å². The van der Waals surface area contributed by atoms with E-state index in [2.05, 4.69) is 15.2 Å². The van der Waals surface area contributed by atoms with E-state index >= 15 is 0 Å². The number of ether oxygens (including phenoxy) is 1. The molecule has 0 amide bonds. The van der Waals surface area contributed by atoms with Crippen LogP contribution in [0.5, 0.6) is 0 Å². The van der Waals surface area contributed by atoms with Gasteiger partial charge in [-0.3, -0.25) is 14.8 Å². The smallest absolute Gasteiger partial charge is 0.344 e. The third kappa shape index (κ3) is 3.60. The highest BCUT2D eigenvalue weighted by Gasteiger charge is 2.21. The van der Waals surface area contributed by atoms with Crippen LogP contribution in [0.3, 0.4) is 0 Å². The number of hydrogen-bond acceptors (Lipinski definition) is 6. The number of nitrogens with one attached hydrogen (secondary N) is 1. The normalized spacial score (nSPS) is 10.3. The average Bonchev–Trinajstić information content (AvgIpc) is 2.91. The van der Waals surface area contributed by atoms with E-state index in [1.165, 1.54) is 19.2 Å². The molecule has 22 heavy (non-hydrogen) atoms. The maximum atomic E-state index is 11.6. The van der Waals surface area contributed by atoms with Crippen molar-refractivity contribution >= 4 is 17.3 Å². The SMILES string of the molecule is COC(=O)c1cc(NCCn2cc(C)cn2)ccc1[N+](=O)[O-]. The Morgan fingerprint density at radius 2 is 2.27 bits per heavy atom. The lowest BCUT2D eigenvalue weighted by Crippen LogP contribution is -2.12. The molecule has 8 nitrogen and oxygen atoms in total. The third-order valence-corrected chi connectivity index (χ3v) is 3.03. The summed E-state index contributed by atoms with van der Waals surface area (Å²) in [7, 11) is 1.19. The molecule has 2 rings (SSSR count). The van der Waals surface area contributed by atoms with E-state index < -0.39 is 10.9 Å². The molecule has 0 saturated heterocycles. The number of esters is 1. The molecule has 1 aromatic heterocycles. The van der Waals surface area contributed by atoms with E-state index in [0.29, 0.717) is 18.8 Å². The summed E-state index contributed by atoms with van der Waals surface area (Å²) in [5.74, 6) is -0.738. The van der Waals surface area contributed by atoms with Gasteiger partial charge in [-0.05, 0) is 24.6 Å². The summed E-state index contributed by atoms with van der Waals surface area (Å²) in [6.07, 6.45) is 3.68.